The Kier molecular flexibility index (Phi) is 7.41. The van der Waals surface area contributed by atoms with Crippen molar-refractivity contribution >= 4 is 5.96 Å². The lowest BCUT2D eigenvalue weighted by Crippen LogP contribution is -2.46. The molecule has 0 amide bonds. The highest BCUT2D eigenvalue weighted by Crippen LogP contribution is 2.18. The molecule has 1 N–H and O–H groups in total. The Morgan fingerprint density at radius 2 is 1.79 bits per heavy atom. The highest BCUT2D eigenvalue weighted by Gasteiger charge is 2.30. The summed E-state index contributed by atoms with van der Waals surface area (Å²) in [5, 5.41) is 3.64. The molecule has 6 nitrogen and oxygen atoms in total. The van der Waals surface area contributed by atoms with Crippen LogP contribution in [-0.2, 0) is 17.8 Å². The summed E-state index contributed by atoms with van der Waals surface area (Å²) in [4.78, 5) is 12.2. The molecular formula is C23H37N5O. The first-order valence-corrected chi connectivity index (χ1v) is 11.4. The number of hydrogen-bond donors (Lipinski definition) is 1. The van der Waals surface area contributed by atoms with Gasteiger partial charge in [0.05, 0.1) is 13.2 Å². The fraction of sp³-hybridized carbons (Fsp3) is 0.696. The SMILES string of the molecule is CN=C(NCc1ccccc1CN1CCCCC1)N1CCC(N2CCOCC2)C1. The fourth-order valence-electron chi connectivity index (χ4n) is 4.92. The molecule has 3 saturated heterocycles. The lowest BCUT2D eigenvalue weighted by molar-refractivity contribution is 0.0195. The Labute approximate surface area is 175 Å². The maximum atomic E-state index is 5.51. The van der Waals surface area contributed by atoms with Gasteiger partial charge in [-0.15, -0.1) is 0 Å². The number of likely N-dealkylation sites (tertiary alicyclic amines) is 2. The monoisotopic (exact) mass is 399 g/mol. The van der Waals surface area contributed by atoms with E-state index < -0.39 is 0 Å². The largest absolute Gasteiger partial charge is 0.379 e. The molecule has 6 heteroatoms. The third-order valence-corrected chi connectivity index (χ3v) is 6.63. The summed E-state index contributed by atoms with van der Waals surface area (Å²) in [6.07, 6.45) is 5.28. The molecular weight excluding hydrogens is 362 g/mol. The van der Waals surface area contributed by atoms with Gasteiger partial charge in [-0.25, -0.2) is 0 Å². The van der Waals surface area contributed by atoms with E-state index in [1.165, 1.54) is 49.9 Å². The molecule has 0 spiro atoms. The smallest absolute Gasteiger partial charge is 0.193 e. The van der Waals surface area contributed by atoms with Crippen LogP contribution in [0.5, 0.6) is 0 Å². The van der Waals surface area contributed by atoms with Crippen LogP contribution in [0.2, 0.25) is 0 Å². The van der Waals surface area contributed by atoms with Crippen LogP contribution < -0.4 is 5.32 Å². The van der Waals surface area contributed by atoms with Gasteiger partial charge in [0, 0.05) is 52.4 Å². The maximum Gasteiger partial charge on any atom is 0.193 e. The first-order valence-electron chi connectivity index (χ1n) is 11.4. The van der Waals surface area contributed by atoms with Crippen molar-refractivity contribution in [1.82, 2.24) is 20.0 Å². The van der Waals surface area contributed by atoms with Gasteiger partial charge < -0.3 is 15.0 Å². The first kappa shape index (κ1) is 20.6. The first-order chi connectivity index (χ1) is 14.3. The van der Waals surface area contributed by atoms with E-state index in [0.29, 0.717) is 6.04 Å². The normalized spacial score (nSPS) is 24.8. The molecule has 0 saturated carbocycles. The molecule has 1 aromatic rings. The van der Waals surface area contributed by atoms with Crippen LogP contribution in [0.4, 0.5) is 0 Å². The van der Waals surface area contributed by atoms with Crippen molar-refractivity contribution in [3.05, 3.63) is 35.4 Å². The molecule has 1 atom stereocenters. The van der Waals surface area contributed by atoms with Crippen molar-refractivity contribution in [3.63, 3.8) is 0 Å². The van der Waals surface area contributed by atoms with Crippen molar-refractivity contribution in [2.45, 2.75) is 44.8 Å². The zero-order valence-corrected chi connectivity index (χ0v) is 18.0. The molecule has 1 unspecified atom stereocenters. The van der Waals surface area contributed by atoms with Gasteiger partial charge in [0.25, 0.3) is 0 Å². The Bertz CT molecular complexity index is 667. The minimum Gasteiger partial charge on any atom is -0.379 e. The van der Waals surface area contributed by atoms with Crippen LogP contribution in [0.25, 0.3) is 0 Å². The van der Waals surface area contributed by atoms with Crippen LogP contribution in [0.1, 0.15) is 36.8 Å². The van der Waals surface area contributed by atoms with Gasteiger partial charge >= 0.3 is 0 Å². The van der Waals surface area contributed by atoms with E-state index >= 15 is 0 Å². The van der Waals surface area contributed by atoms with Gasteiger partial charge in [0.15, 0.2) is 5.96 Å². The average Bonchev–Trinajstić information content (AvgIpc) is 3.27. The van der Waals surface area contributed by atoms with Crippen LogP contribution in [-0.4, -0.2) is 86.2 Å². The number of piperidine rings is 1. The topological polar surface area (TPSA) is 43.3 Å². The third-order valence-electron chi connectivity index (χ3n) is 6.63. The van der Waals surface area contributed by atoms with Crippen molar-refractivity contribution in [3.8, 4) is 0 Å². The maximum absolute atomic E-state index is 5.51. The lowest BCUT2D eigenvalue weighted by Gasteiger charge is -2.32. The molecule has 0 aliphatic carbocycles. The van der Waals surface area contributed by atoms with Crippen LogP contribution in [0.15, 0.2) is 29.3 Å². The number of ether oxygens (including phenoxy) is 1. The van der Waals surface area contributed by atoms with E-state index in [4.69, 9.17) is 4.74 Å². The Hall–Kier alpha value is -1.63. The molecule has 0 radical (unpaired) electrons. The van der Waals surface area contributed by atoms with Crippen LogP contribution >= 0.6 is 0 Å². The summed E-state index contributed by atoms with van der Waals surface area (Å²) < 4.78 is 5.51. The number of hydrogen-bond acceptors (Lipinski definition) is 4. The Balaban J connectivity index is 1.32. The summed E-state index contributed by atoms with van der Waals surface area (Å²) in [5.41, 5.74) is 2.84. The fourth-order valence-corrected chi connectivity index (χ4v) is 4.92. The summed E-state index contributed by atoms with van der Waals surface area (Å²) in [5.74, 6) is 1.04. The molecule has 4 rings (SSSR count). The molecule has 0 aromatic heterocycles. The average molecular weight is 400 g/mol. The predicted molar refractivity (Wildman–Crippen MR) is 118 cm³/mol. The second kappa shape index (κ2) is 10.4. The van der Waals surface area contributed by atoms with Gasteiger partial charge in [0.1, 0.15) is 0 Å². The van der Waals surface area contributed by atoms with Crippen LogP contribution in [0, 0.1) is 0 Å². The van der Waals surface area contributed by atoms with E-state index in [9.17, 15) is 0 Å². The zero-order valence-electron chi connectivity index (χ0n) is 18.0. The van der Waals surface area contributed by atoms with E-state index in [1.54, 1.807) is 0 Å². The highest BCUT2D eigenvalue weighted by molar-refractivity contribution is 5.80. The zero-order chi connectivity index (χ0) is 19.9. The van der Waals surface area contributed by atoms with Gasteiger partial charge in [-0.2, -0.15) is 0 Å². The highest BCUT2D eigenvalue weighted by atomic mass is 16.5. The Morgan fingerprint density at radius 1 is 1.03 bits per heavy atom. The second-order valence-corrected chi connectivity index (χ2v) is 8.54. The number of benzene rings is 1. The number of nitrogens with one attached hydrogen (secondary N) is 1. The Morgan fingerprint density at radius 3 is 2.55 bits per heavy atom. The summed E-state index contributed by atoms with van der Waals surface area (Å²) >= 11 is 0. The molecule has 3 fully saturated rings. The van der Waals surface area contributed by atoms with Crippen LogP contribution in [0.3, 0.4) is 0 Å². The number of nitrogens with zero attached hydrogens (tertiary/aromatic N) is 4. The number of rotatable bonds is 5. The van der Waals surface area contributed by atoms with E-state index in [-0.39, 0.29) is 0 Å². The second-order valence-electron chi connectivity index (χ2n) is 8.54. The molecule has 3 aliphatic rings. The minimum atomic E-state index is 0.629. The van der Waals surface area contributed by atoms with Gasteiger partial charge in [-0.1, -0.05) is 30.7 Å². The standard InChI is InChI=1S/C23H37N5O/c1-24-23(28-12-9-22(19-28)27-13-15-29-16-14-27)25-17-20-7-3-4-8-21(20)18-26-10-5-2-6-11-26/h3-4,7-8,22H,2,5-6,9-19H2,1H3,(H,24,25). The van der Waals surface area contributed by atoms with Crippen molar-refractivity contribution in [2.75, 3.05) is 59.5 Å². The number of guanidine groups is 1. The van der Waals surface area contributed by atoms with E-state index in [0.717, 1.165) is 58.4 Å². The lowest BCUT2D eigenvalue weighted by atomic mass is 10.0. The van der Waals surface area contributed by atoms with Crippen molar-refractivity contribution in [1.29, 1.82) is 0 Å². The molecule has 1 aromatic carbocycles. The summed E-state index contributed by atoms with van der Waals surface area (Å²) in [6, 6.07) is 9.51. The molecule has 3 aliphatic heterocycles. The molecule has 29 heavy (non-hydrogen) atoms. The molecule has 160 valence electrons. The number of morpholine rings is 1. The van der Waals surface area contributed by atoms with Gasteiger partial charge in [-0.05, 0) is 43.5 Å². The van der Waals surface area contributed by atoms with E-state index in [1.807, 2.05) is 7.05 Å². The number of aliphatic imine (C=N–C) groups is 1. The van der Waals surface area contributed by atoms with E-state index in [2.05, 4.69) is 49.3 Å². The summed E-state index contributed by atoms with van der Waals surface area (Å²) in [7, 11) is 1.91. The minimum absolute atomic E-state index is 0.629. The van der Waals surface area contributed by atoms with Gasteiger partial charge in [0.2, 0.25) is 0 Å². The van der Waals surface area contributed by atoms with Crippen molar-refractivity contribution in [2.24, 2.45) is 4.99 Å². The van der Waals surface area contributed by atoms with Crippen molar-refractivity contribution < 1.29 is 4.74 Å². The summed E-state index contributed by atoms with van der Waals surface area (Å²) in [6.45, 7) is 10.4. The van der Waals surface area contributed by atoms with Gasteiger partial charge in [-0.3, -0.25) is 14.8 Å². The predicted octanol–water partition coefficient (Wildman–Crippen LogP) is 2.15. The molecule has 3 heterocycles. The quantitative estimate of drug-likeness (QED) is 0.607. The molecule has 0 bridgehead atoms. The third kappa shape index (κ3) is 5.50.